The maximum atomic E-state index is 2.35. The molecule has 1 unspecified atom stereocenters. The van der Waals surface area contributed by atoms with Crippen molar-refractivity contribution >= 4 is 14.7 Å². The number of allylic oxidation sites excluding steroid dienone is 4. The Hall–Kier alpha value is -1.08. The van der Waals surface area contributed by atoms with E-state index in [1.165, 1.54) is 27.5 Å². The molecule has 1 heteroatoms. The average molecular weight is 254 g/mol. The van der Waals surface area contributed by atoms with Gasteiger partial charge in [0.1, 0.15) is 9.52 Å². The van der Waals surface area contributed by atoms with E-state index in [4.69, 9.17) is 0 Å². The fourth-order valence-electron chi connectivity index (χ4n) is 2.60. The Balaban J connectivity index is 2.35. The zero-order chi connectivity index (χ0) is 13.4. The highest BCUT2D eigenvalue weighted by atomic mass is 28.2. The van der Waals surface area contributed by atoms with Gasteiger partial charge in [-0.25, -0.2) is 0 Å². The standard InChI is InChI=1S/C17H22Si/c1-10-8-7-9-16(11(10)2)18-17-14(5)12(3)13(4)15(17)6/h7-9,14H,1-6H3. The number of aryl methyl sites for hydroxylation is 1. The first-order valence-electron chi connectivity index (χ1n) is 6.65. The minimum absolute atomic E-state index is 0.628. The average Bonchev–Trinajstić information content (AvgIpc) is 2.52. The summed E-state index contributed by atoms with van der Waals surface area (Å²) in [6.07, 6.45) is 0. The van der Waals surface area contributed by atoms with Crippen molar-refractivity contribution in [3.63, 3.8) is 0 Å². The van der Waals surface area contributed by atoms with E-state index in [-0.39, 0.29) is 0 Å². The van der Waals surface area contributed by atoms with E-state index in [2.05, 4.69) is 59.7 Å². The Morgan fingerprint density at radius 2 is 1.61 bits per heavy atom. The second-order valence-electron chi connectivity index (χ2n) is 5.44. The van der Waals surface area contributed by atoms with Gasteiger partial charge in [0.2, 0.25) is 0 Å². The molecule has 1 aliphatic rings. The molecule has 0 N–H and O–H groups in total. The molecule has 0 bridgehead atoms. The van der Waals surface area contributed by atoms with E-state index >= 15 is 0 Å². The Bertz CT molecular complexity index is 547. The van der Waals surface area contributed by atoms with Crippen molar-refractivity contribution in [3.8, 4) is 0 Å². The van der Waals surface area contributed by atoms with E-state index in [0.29, 0.717) is 5.92 Å². The van der Waals surface area contributed by atoms with Crippen LogP contribution in [0.4, 0.5) is 0 Å². The van der Waals surface area contributed by atoms with Gasteiger partial charge < -0.3 is 0 Å². The fourth-order valence-corrected chi connectivity index (χ4v) is 4.26. The fraction of sp³-hybridized carbons (Fsp3) is 0.412. The van der Waals surface area contributed by atoms with Gasteiger partial charge >= 0.3 is 0 Å². The van der Waals surface area contributed by atoms with Crippen molar-refractivity contribution in [1.29, 1.82) is 0 Å². The van der Waals surface area contributed by atoms with Gasteiger partial charge in [-0.3, -0.25) is 0 Å². The molecule has 2 rings (SSSR count). The predicted molar refractivity (Wildman–Crippen MR) is 81.5 cm³/mol. The first-order chi connectivity index (χ1) is 8.43. The van der Waals surface area contributed by atoms with Crippen LogP contribution in [0.5, 0.6) is 0 Å². The van der Waals surface area contributed by atoms with Crippen LogP contribution in [0.25, 0.3) is 0 Å². The molecule has 0 amide bonds. The summed E-state index contributed by atoms with van der Waals surface area (Å²) in [5, 5.41) is 3.15. The van der Waals surface area contributed by atoms with Crippen molar-refractivity contribution in [2.24, 2.45) is 5.92 Å². The molecule has 2 radical (unpaired) electrons. The molecule has 1 aliphatic carbocycles. The molecule has 0 aromatic heterocycles. The van der Waals surface area contributed by atoms with Crippen LogP contribution >= 0.6 is 0 Å². The molecule has 94 valence electrons. The molecule has 1 aromatic carbocycles. The number of hydrogen-bond acceptors (Lipinski definition) is 0. The van der Waals surface area contributed by atoms with Crippen LogP contribution in [-0.2, 0) is 0 Å². The molecular formula is C17H22Si. The van der Waals surface area contributed by atoms with E-state index in [1.54, 1.807) is 10.8 Å². The zero-order valence-corrected chi connectivity index (χ0v) is 13.3. The lowest BCUT2D eigenvalue weighted by molar-refractivity contribution is 0.856. The normalized spacial score (nSPS) is 20.0. The van der Waals surface area contributed by atoms with Crippen LogP contribution in [0.3, 0.4) is 0 Å². The maximum Gasteiger partial charge on any atom is 0.117 e. The van der Waals surface area contributed by atoms with Gasteiger partial charge in [0.15, 0.2) is 0 Å². The van der Waals surface area contributed by atoms with Crippen molar-refractivity contribution in [2.75, 3.05) is 0 Å². The molecular weight excluding hydrogens is 232 g/mol. The molecule has 0 saturated carbocycles. The summed E-state index contributed by atoms with van der Waals surface area (Å²) in [5.74, 6) is 0.628. The number of hydrogen-bond donors (Lipinski definition) is 0. The van der Waals surface area contributed by atoms with Crippen LogP contribution in [-0.4, -0.2) is 9.52 Å². The Kier molecular flexibility index (Phi) is 3.63. The lowest BCUT2D eigenvalue weighted by Crippen LogP contribution is -2.23. The third-order valence-electron chi connectivity index (χ3n) is 4.51. The smallest absolute Gasteiger partial charge is 0.0695 e. The van der Waals surface area contributed by atoms with Gasteiger partial charge in [0, 0.05) is 0 Å². The minimum atomic E-state index is 0.628. The van der Waals surface area contributed by atoms with Crippen LogP contribution in [0.15, 0.2) is 40.1 Å². The molecule has 1 atom stereocenters. The molecule has 18 heavy (non-hydrogen) atoms. The van der Waals surface area contributed by atoms with E-state index < -0.39 is 0 Å². The van der Waals surface area contributed by atoms with Crippen LogP contribution in [0, 0.1) is 19.8 Å². The third kappa shape index (κ3) is 2.12. The first-order valence-corrected chi connectivity index (χ1v) is 7.65. The molecule has 0 fully saturated rings. The summed E-state index contributed by atoms with van der Waals surface area (Å²) >= 11 is 0. The minimum Gasteiger partial charge on any atom is -0.0695 e. The Morgan fingerprint density at radius 1 is 0.944 bits per heavy atom. The van der Waals surface area contributed by atoms with Gasteiger partial charge in [0.25, 0.3) is 0 Å². The number of benzene rings is 1. The quantitative estimate of drug-likeness (QED) is 0.702. The lowest BCUT2D eigenvalue weighted by atomic mass is 10.1. The molecule has 0 saturated heterocycles. The largest absolute Gasteiger partial charge is 0.117 e. The summed E-state index contributed by atoms with van der Waals surface area (Å²) in [7, 11) is 0.824. The maximum absolute atomic E-state index is 2.35. The van der Waals surface area contributed by atoms with E-state index in [0.717, 1.165) is 9.52 Å². The summed E-state index contributed by atoms with van der Waals surface area (Å²) in [5.41, 5.74) is 7.46. The molecule has 0 spiro atoms. The Morgan fingerprint density at radius 3 is 2.17 bits per heavy atom. The highest BCUT2D eigenvalue weighted by molar-refractivity contribution is 6.62. The van der Waals surface area contributed by atoms with Gasteiger partial charge in [-0.15, -0.1) is 0 Å². The summed E-state index contributed by atoms with van der Waals surface area (Å²) in [6.45, 7) is 13.6. The number of rotatable bonds is 2. The molecule has 0 heterocycles. The van der Waals surface area contributed by atoms with E-state index in [9.17, 15) is 0 Å². The van der Waals surface area contributed by atoms with Crippen molar-refractivity contribution in [1.82, 2.24) is 0 Å². The third-order valence-corrected chi connectivity index (χ3v) is 6.40. The van der Waals surface area contributed by atoms with Gasteiger partial charge in [0.05, 0.1) is 0 Å². The van der Waals surface area contributed by atoms with Crippen LogP contribution in [0.2, 0.25) is 0 Å². The highest BCUT2D eigenvalue weighted by Crippen LogP contribution is 2.35. The van der Waals surface area contributed by atoms with Crippen LogP contribution < -0.4 is 5.19 Å². The zero-order valence-electron chi connectivity index (χ0n) is 12.3. The SMILES string of the molecule is CC1=C(C)C(C)C([Si]c2cccc(C)c2C)=C1C. The summed E-state index contributed by atoms with van der Waals surface area (Å²) < 4.78 is 0. The first kappa shape index (κ1) is 13.4. The molecule has 0 aliphatic heterocycles. The highest BCUT2D eigenvalue weighted by Gasteiger charge is 2.24. The monoisotopic (exact) mass is 254 g/mol. The van der Waals surface area contributed by atoms with Gasteiger partial charge in [-0.2, -0.15) is 0 Å². The van der Waals surface area contributed by atoms with Crippen molar-refractivity contribution in [2.45, 2.75) is 41.5 Å². The molecule has 0 nitrogen and oxygen atoms in total. The van der Waals surface area contributed by atoms with E-state index in [1.807, 2.05) is 0 Å². The Labute approximate surface area is 114 Å². The van der Waals surface area contributed by atoms with Gasteiger partial charge in [-0.05, 0) is 57.2 Å². The van der Waals surface area contributed by atoms with Crippen molar-refractivity contribution in [3.05, 3.63) is 51.2 Å². The summed E-state index contributed by atoms with van der Waals surface area (Å²) in [4.78, 5) is 0. The predicted octanol–water partition coefficient (Wildman–Crippen LogP) is 3.89. The van der Waals surface area contributed by atoms with Crippen LogP contribution in [0.1, 0.15) is 38.8 Å². The second-order valence-corrected chi connectivity index (χ2v) is 6.77. The second kappa shape index (κ2) is 4.89. The van der Waals surface area contributed by atoms with Gasteiger partial charge in [-0.1, -0.05) is 46.7 Å². The topological polar surface area (TPSA) is 0 Å². The van der Waals surface area contributed by atoms with Crippen molar-refractivity contribution < 1.29 is 0 Å². The summed E-state index contributed by atoms with van der Waals surface area (Å²) in [6, 6.07) is 6.68. The lowest BCUT2D eigenvalue weighted by Gasteiger charge is -2.14. The molecule has 1 aromatic rings.